The lowest BCUT2D eigenvalue weighted by Gasteiger charge is -2.21. The summed E-state index contributed by atoms with van der Waals surface area (Å²) in [5.74, 6) is 1.48. The van der Waals surface area contributed by atoms with Gasteiger partial charge in [-0.2, -0.15) is 12.6 Å². The number of hydrogen-bond donors (Lipinski definition) is 1. The van der Waals surface area contributed by atoms with Gasteiger partial charge in [0.25, 0.3) is 0 Å². The maximum Gasteiger partial charge on any atom is 0.227 e. The van der Waals surface area contributed by atoms with Crippen LogP contribution in [-0.2, 0) is 11.2 Å². The van der Waals surface area contributed by atoms with Crippen molar-refractivity contribution in [2.24, 2.45) is 5.92 Å². The minimum absolute atomic E-state index is 0.168. The van der Waals surface area contributed by atoms with Gasteiger partial charge in [-0.05, 0) is 48.3 Å². The lowest BCUT2D eigenvalue weighted by molar-refractivity contribution is -0.117. The van der Waals surface area contributed by atoms with Crippen LogP contribution in [0.3, 0.4) is 0 Å². The van der Waals surface area contributed by atoms with Gasteiger partial charge < -0.3 is 4.90 Å². The molecule has 1 amide bonds. The van der Waals surface area contributed by atoms with Crippen molar-refractivity contribution in [3.8, 4) is 0 Å². The van der Waals surface area contributed by atoms with E-state index in [0.29, 0.717) is 18.8 Å². The van der Waals surface area contributed by atoms with E-state index in [1.807, 2.05) is 23.1 Å². The van der Waals surface area contributed by atoms with Crippen LogP contribution < -0.4 is 4.90 Å². The lowest BCUT2D eigenvalue weighted by Crippen LogP contribution is -2.25. The van der Waals surface area contributed by atoms with E-state index in [2.05, 4.69) is 12.6 Å². The molecule has 3 nitrogen and oxygen atoms in total. The number of hydrogen-bond acceptors (Lipinski definition) is 3. The number of rotatable bonds is 2. The fourth-order valence-electron chi connectivity index (χ4n) is 2.95. The van der Waals surface area contributed by atoms with Gasteiger partial charge in [0.1, 0.15) is 0 Å². The van der Waals surface area contributed by atoms with E-state index in [-0.39, 0.29) is 11.7 Å². The maximum atomic E-state index is 12.0. The molecule has 3 rings (SSSR count). The highest BCUT2D eigenvalue weighted by molar-refractivity contribution is 7.80. The summed E-state index contributed by atoms with van der Waals surface area (Å²) in [7, 11) is 0. The topological polar surface area (TPSA) is 37.4 Å². The SMILES string of the molecule is O=C1CCCc2cc(N3CC(CS)CC3=O)ccc21. The molecule has 0 radical (unpaired) electrons. The molecule has 1 unspecified atom stereocenters. The van der Waals surface area contributed by atoms with Crippen LogP contribution in [0.4, 0.5) is 5.69 Å². The molecule has 1 saturated heterocycles. The molecule has 0 aromatic heterocycles. The molecule has 1 aliphatic carbocycles. The van der Waals surface area contributed by atoms with Gasteiger partial charge >= 0.3 is 0 Å². The molecule has 100 valence electrons. The Labute approximate surface area is 118 Å². The molecular weight excluding hydrogens is 258 g/mol. The van der Waals surface area contributed by atoms with Crippen molar-refractivity contribution in [3.63, 3.8) is 0 Å². The Balaban J connectivity index is 1.90. The molecule has 4 heteroatoms. The highest BCUT2D eigenvalue weighted by Gasteiger charge is 2.30. The third kappa shape index (κ3) is 2.29. The Morgan fingerprint density at radius 1 is 1.26 bits per heavy atom. The number of Topliss-reactive ketones (excluding diaryl/α,β-unsaturated/α-hetero) is 1. The quantitative estimate of drug-likeness (QED) is 0.842. The predicted octanol–water partition coefficient (Wildman–Crippen LogP) is 2.49. The number of anilines is 1. The normalized spacial score (nSPS) is 22.8. The number of benzene rings is 1. The van der Waals surface area contributed by atoms with Gasteiger partial charge in [-0.25, -0.2) is 0 Å². The Hall–Kier alpha value is -1.29. The minimum Gasteiger partial charge on any atom is -0.312 e. The number of carbonyl (C=O) groups is 2. The number of carbonyl (C=O) groups excluding carboxylic acids is 2. The fraction of sp³-hybridized carbons (Fsp3) is 0.467. The summed E-state index contributed by atoms with van der Waals surface area (Å²) in [5.41, 5.74) is 2.87. The van der Waals surface area contributed by atoms with Crippen LogP contribution in [0.1, 0.15) is 35.2 Å². The van der Waals surface area contributed by atoms with E-state index < -0.39 is 0 Å². The summed E-state index contributed by atoms with van der Waals surface area (Å²) < 4.78 is 0. The summed E-state index contributed by atoms with van der Waals surface area (Å²) in [4.78, 5) is 25.6. The van der Waals surface area contributed by atoms with Crippen LogP contribution in [0, 0.1) is 5.92 Å². The lowest BCUT2D eigenvalue weighted by atomic mass is 9.90. The van der Waals surface area contributed by atoms with E-state index in [4.69, 9.17) is 0 Å². The van der Waals surface area contributed by atoms with Gasteiger partial charge in [-0.3, -0.25) is 9.59 Å². The number of ketones is 1. The molecule has 1 aromatic rings. The van der Waals surface area contributed by atoms with Gasteiger partial charge in [-0.15, -0.1) is 0 Å². The second-order valence-electron chi connectivity index (χ2n) is 5.38. The fourth-order valence-corrected chi connectivity index (χ4v) is 3.20. The van der Waals surface area contributed by atoms with Gasteiger partial charge in [0.2, 0.25) is 5.91 Å². The average molecular weight is 275 g/mol. The number of aryl methyl sites for hydroxylation is 1. The van der Waals surface area contributed by atoms with Crippen LogP contribution in [-0.4, -0.2) is 24.0 Å². The van der Waals surface area contributed by atoms with Crippen LogP contribution in [0.25, 0.3) is 0 Å². The van der Waals surface area contributed by atoms with Crippen molar-refractivity contribution in [1.82, 2.24) is 0 Å². The first-order valence-corrected chi connectivity index (χ1v) is 7.39. The zero-order valence-electron chi connectivity index (χ0n) is 10.8. The molecule has 0 saturated carbocycles. The van der Waals surface area contributed by atoms with Crippen molar-refractivity contribution >= 4 is 30.0 Å². The monoisotopic (exact) mass is 275 g/mol. The van der Waals surface area contributed by atoms with Crippen LogP contribution in [0.2, 0.25) is 0 Å². The highest BCUT2D eigenvalue weighted by atomic mass is 32.1. The third-order valence-corrected chi connectivity index (χ3v) is 4.53. The van der Waals surface area contributed by atoms with Gasteiger partial charge in [-0.1, -0.05) is 0 Å². The Kier molecular flexibility index (Phi) is 3.35. The van der Waals surface area contributed by atoms with Crippen LogP contribution >= 0.6 is 12.6 Å². The minimum atomic E-state index is 0.168. The predicted molar refractivity (Wildman–Crippen MR) is 78.0 cm³/mol. The van der Waals surface area contributed by atoms with Gasteiger partial charge in [0.15, 0.2) is 5.78 Å². The average Bonchev–Trinajstić information content (AvgIpc) is 2.80. The van der Waals surface area contributed by atoms with E-state index in [9.17, 15) is 9.59 Å². The molecule has 1 atom stereocenters. The molecule has 0 spiro atoms. The molecule has 2 aliphatic rings. The molecule has 0 N–H and O–H groups in total. The molecule has 0 bridgehead atoms. The van der Waals surface area contributed by atoms with Crippen molar-refractivity contribution in [2.45, 2.75) is 25.7 Å². The van der Waals surface area contributed by atoms with Crippen LogP contribution in [0.5, 0.6) is 0 Å². The summed E-state index contributed by atoms with van der Waals surface area (Å²) in [6, 6.07) is 5.81. The Morgan fingerprint density at radius 2 is 2.11 bits per heavy atom. The second kappa shape index (κ2) is 5.00. The van der Waals surface area contributed by atoms with Gasteiger partial charge in [0, 0.05) is 30.6 Å². The molecule has 1 aromatic carbocycles. The summed E-state index contributed by atoms with van der Waals surface area (Å²) in [6.45, 7) is 0.745. The standard InChI is InChI=1S/C15H17NO2S/c17-14-3-1-2-11-7-12(4-5-13(11)14)16-8-10(9-19)6-15(16)18/h4-5,7,10,19H,1-3,6,8-9H2. The van der Waals surface area contributed by atoms with Gasteiger partial charge in [0.05, 0.1) is 0 Å². The molecule has 1 fully saturated rings. The van der Waals surface area contributed by atoms with E-state index in [0.717, 1.165) is 42.0 Å². The second-order valence-corrected chi connectivity index (χ2v) is 5.74. The first-order valence-electron chi connectivity index (χ1n) is 6.76. The van der Waals surface area contributed by atoms with E-state index in [1.165, 1.54) is 0 Å². The smallest absolute Gasteiger partial charge is 0.227 e. The summed E-state index contributed by atoms with van der Waals surface area (Å²) in [6.07, 6.45) is 3.09. The third-order valence-electron chi connectivity index (χ3n) is 4.01. The summed E-state index contributed by atoms with van der Waals surface area (Å²) in [5, 5.41) is 0. The van der Waals surface area contributed by atoms with Crippen LogP contribution in [0.15, 0.2) is 18.2 Å². The molecular formula is C15H17NO2S. The van der Waals surface area contributed by atoms with Crippen molar-refractivity contribution in [1.29, 1.82) is 0 Å². The van der Waals surface area contributed by atoms with E-state index in [1.54, 1.807) is 0 Å². The first kappa shape index (κ1) is 12.7. The largest absolute Gasteiger partial charge is 0.312 e. The highest BCUT2D eigenvalue weighted by Crippen LogP contribution is 2.30. The zero-order valence-corrected chi connectivity index (χ0v) is 11.7. The number of amides is 1. The first-order chi connectivity index (χ1) is 9.19. The number of thiol groups is 1. The zero-order chi connectivity index (χ0) is 13.4. The van der Waals surface area contributed by atoms with Crippen molar-refractivity contribution < 1.29 is 9.59 Å². The number of fused-ring (bicyclic) bond motifs is 1. The molecule has 1 aliphatic heterocycles. The summed E-state index contributed by atoms with van der Waals surface area (Å²) >= 11 is 4.28. The Morgan fingerprint density at radius 3 is 2.84 bits per heavy atom. The van der Waals surface area contributed by atoms with Crippen molar-refractivity contribution in [3.05, 3.63) is 29.3 Å². The Bertz CT molecular complexity index is 541. The van der Waals surface area contributed by atoms with Crippen molar-refractivity contribution in [2.75, 3.05) is 17.2 Å². The van der Waals surface area contributed by atoms with E-state index >= 15 is 0 Å². The number of nitrogens with zero attached hydrogens (tertiary/aromatic N) is 1. The maximum absolute atomic E-state index is 12.0. The molecule has 19 heavy (non-hydrogen) atoms. The molecule has 1 heterocycles.